The van der Waals surface area contributed by atoms with Gasteiger partial charge in [0.05, 0.1) is 6.61 Å². The zero-order valence-corrected chi connectivity index (χ0v) is 11.8. The van der Waals surface area contributed by atoms with E-state index in [1.165, 1.54) is 18.4 Å². The number of esters is 1. The molecule has 1 aliphatic rings. The molecule has 0 bridgehead atoms. The first-order valence-corrected chi connectivity index (χ1v) is 7.20. The topological polar surface area (TPSA) is 38.3 Å². The van der Waals surface area contributed by atoms with Crippen molar-refractivity contribution in [2.75, 3.05) is 6.61 Å². The molecule has 1 atom stereocenters. The Hall–Kier alpha value is -1.35. The number of rotatable bonds is 5. The van der Waals surface area contributed by atoms with Gasteiger partial charge in [-0.1, -0.05) is 42.7 Å². The van der Waals surface area contributed by atoms with Crippen LogP contribution < -0.4 is 5.32 Å². The fraction of sp³-hybridized carbons (Fsp3) is 0.562. The number of carbonyl (C=O) groups excluding carboxylic acids is 1. The Morgan fingerprint density at radius 2 is 2.16 bits per heavy atom. The summed E-state index contributed by atoms with van der Waals surface area (Å²) in [5.41, 5.74) is 2.17. The zero-order chi connectivity index (χ0) is 13.7. The normalized spacial score (nSPS) is 17.4. The molecule has 0 radical (unpaired) electrons. The molecule has 1 aromatic carbocycles. The van der Waals surface area contributed by atoms with Crippen molar-refractivity contribution >= 4 is 5.97 Å². The van der Waals surface area contributed by atoms with Crippen LogP contribution in [0.2, 0.25) is 0 Å². The number of aryl methyl sites for hydroxylation is 1. The average Bonchev–Trinajstić information content (AvgIpc) is 2.89. The molecule has 0 spiro atoms. The first-order chi connectivity index (χ1) is 9.20. The van der Waals surface area contributed by atoms with Gasteiger partial charge in [-0.2, -0.15) is 0 Å². The highest BCUT2D eigenvalue weighted by atomic mass is 16.5. The van der Waals surface area contributed by atoms with E-state index in [-0.39, 0.29) is 12.0 Å². The van der Waals surface area contributed by atoms with Crippen molar-refractivity contribution in [3.63, 3.8) is 0 Å². The smallest absolute Gasteiger partial charge is 0.327 e. The quantitative estimate of drug-likeness (QED) is 0.828. The van der Waals surface area contributed by atoms with Gasteiger partial charge in [-0.3, -0.25) is 5.32 Å². The van der Waals surface area contributed by atoms with E-state index in [1.807, 2.05) is 32.0 Å². The van der Waals surface area contributed by atoms with Gasteiger partial charge in [0.1, 0.15) is 6.04 Å². The molecule has 0 aliphatic heterocycles. The lowest BCUT2D eigenvalue weighted by atomic mass is 10.0. The molecule has 0 saturated heterocycles. The minimum atomic E-state index is -0.331. The Balaban J connectivity index is 2.15. The molecule has 19 heavy (non-hydrogen) atoms. The standard InChI is InChI=1S/C16H23NO2/c1-3-19-16(18)15(17-14-9-4-5-10-14)13-8-6-7-12(2)11-13/h6-8,11,14-15,17H,3-5,9-10H2,1-2H3. The van der Waals surface area contributed by atoms with Crippen molar-refractivity contribution in [2.45, 2.75) is 51.6 Å². The predicted molar refractivity (Wildman–Crippen MR) is 75.9 cm³/mol. The summed E-state index contributed by atoms with van der Waals surface area (Å²) >= 11 is 0. The lowest BCUT2D eigenvalue weighted by Gasteiger charge is -2.22. The second-order valence-electron chi connectivity index (χ2n) is 5.25. The first-order valence-electron chi connectivity index (χ1n) is 7.20. The second-order valence-corrected chi connectivity index (χ2v) is 5.25. The van der Waals surface area contributed by atoms with E-state index in [9.17, 15) is 4.79 Å². The summed E-state index contributed by atoms with van der Waals surface area (Å²) in [6, 6.07) is 8.20. The molecule has 0 heterocycles. The minimum absolute atomic E-state index is 0.167. The second kappa shape index (κ2) is 6.71. The van der Waals surface area contributed by atoms with Gasteiger partial charge < -0.3 is 4.74 Å². The van der Waals surface area contributed by atoms with Gasteiger partial charge in [0.2, 0.25) is 0 Å². The van der Waals surface area contributed by atoms with Crippen molar-refractivity contribution in [1.82, 2.24) is 5.32 Å². The molecule has 2 rings (SSSR count). The lowest BCUT2D eigenvalue weighted by molar-refractivity contribution is -0.146. The Labute approximate surface area is 115 Å². The Morgan fingerprint density at radius 3 is 2.79 bits per heavy atom. The first kappa shape index (κ1) is 14.1. The molecule has 1 fully saturated rings. The van der Waals surface area contributed by atoms with Gasteiger partial charge in [-0.25, -0.2) is 4.79 Å². The third kappa shape index (κ3) is 3.80. The van der Waals surface area contributed by atoms with Crippen LogP contribution in [-0.2, 0) is 9.53 Å². The third-order valence-corrected chi connectivity index (χ3v) is 3.66. The predicted octanol–water partition coefficient (Wildman–Crippen LogP) is 3.13. The fourth-order valence-electron chi connectivity index (χ4n) is 2.70. The molecule has 1 aliphatic carbocycles. The van der Waals surface area contributed by atoms with Crippen LogP contribution >= 0.6 is 0 Å². The number of hydrogen-bond acceptors (Lipinski definition) is 3. The molecule has 0 amide bonds. The lowest BCUT2D eigenvalue weighted by Crippen LogP contribution is -2.36. The number of nitrogens with one attached hydrogen (secondary N) is 1. The van der Waals surface area contributed by atoms with E-state index >= 15 is 0 Å². The van der Waals surface area contributed by atoms with Crippen molar-refractivity contribution in [1.29, 1.82) is 0 Å². The number of hydrogen-bond donors (Lipinski definition) is 1. The van der Waals surface area contributed by atoms with Crippen LogP contribution in [0.5, 0.6) is 0 Å². The van der Waals surface area contributed by atoms with Crippen LogP contribution in [0.3, 0.4) is 0 Å². The summed E-state index contributed by atoms with van der Waals surface area (Å²) in [5.74, 6) is -0.167. The molecule has 104 valence electrons. The van der Waals surface area contributed by atoms with Crippen LogP contribution in [0.4, 0.5) is 0 Å². The molecule has 1 unspecified atom stereocenters. The average molecular weight is 261 g/mol. The van der Waals surface area contributed by atoms with Crippen molar-refractivity contribution < 1.29 is 9.53 Å². The third-order valence-electron chi connectivity index (χ3n) is 3.66. The Bertz CT molecular complexity index is 425. The maximum Gasteiger partial charge on any atom is 0.327 e. The summed E-state index contributed by atoms with van der Waals surface area (Å²) in [4.78, 5) is 12.2. The van der Waals surface area contributed by atoms with Crippen LogP contribution in [0, 0.1) is 6.92 Å². The Morgan fingerprint density at radius 1 is 1.42 bits per heavy atom. The van der Waals surface area contributed by atoms with E-state index in [0.29, 0.717) is 12.6 Å². The van der Waals surface area contributed by atoms with Gasteiger partial charge in [-0.05, 0) is 32.3 Å². The summed E-state index contributed by atoms with van der Waals surface area (Å²) < 4.78 is 5.21. The van der Waals surface area contributed by atoms with E-state index in [1.54, 1.807) is 0 Å². The van der Waals surface area contributed by atoms with E-state index in [2.05, 4.69) is 11.4 Å². The molecule has 1 saturated carbocycles. The number of ether oxygens (including phenoxy) is 1. The molecule has 1 N–H and O–H groups in total. The molecular weight excluding hydrogens is 238 g/mol. The van der Waals surface area contributed by atoms with Crippen molar-refractivity contribution in [3.8, 4) is 0 Å². The molecular formula is C16H23NO2. The van der Waals surface area contributed by atoms with Gasteiger partial charge in [0.15, 0.2) is 0 Å². The van der Waals surface area contributed by atoms with Gasteiger partial charge in [0, 0.05) is 6.04 Å². The number of carbonyl (C=O) groups is 1. The van der Waals surface area contributed by atoms with Gasteiger partial charge in [0.25, 0.3) is 0 Å². The largest absolute Gasteiger partial charge is 0.465 e. The summed E-state index contributed by atoms with van der Waals surface area (Å²) in [7, 11) is 0. The van der Waals surface area contributed by atoms with E-state index in [4.69, 9.17) is 4.74 Å². The van der Waals surface area contributed by atoms with E-state index in [0.717, 1.165) is 18.4 Å². The highest BCUT2D eigenvalue weighted by Crippen LogP contribution is 2.23. The van der Waals surface area contributed by atoms with Crippen LogP contribution in [0.1, 0.15) is 49.8 Å². The zero-order valence-electron chi connectivity index (χ0n) is 11.8. The monoisotopic (exact) mass is 261 g/mol. The fourth-order valence-corrected chi connectivity index (χ4v) is 2.70. The summed E-state index contributed by atoms with van der Waals surface area (Å²) in [5, 5.41) is 3.47. The SMILES string of the molecule is CCOC(=O)C(NC1CCCC1)c1cccc(C)c1. The van der Waals surface area contributed by atoms with Crippen molar-refractivity contribution in [3.05, 3.63) is 35.4 Å². The van der Waals surface area contributed by atoms with E-state index < -0.39 is 0 Å². The van der Waals surface area contributed by atoms with Gasteiger partial charge >= 0.3 is 5.97 Å². The van der Waals surface area contributed by atoms with Crippen LogP contribution in [0.15, 0.2) is 24.3 Å². The van der Waals surface area contributed by atoms with Crippen LogP contribution in [0.25, 0.3) is 0 Å². The summed E-state index contributed by atoms with van der Waals surface area (Å²) in [6.45, 7) is 4.32. The van der Waals surface area contributed by atoms with Crippen LogP contribution in [-0.4, -0.2) is 18.6 Å². The molecule has 3 heteroatoms. The Kier molecular flexibility index (Phi) is 4.97. The van der Waals surface area contributed by atoms with Gasteiger partial charge in [-0.15, -0.1) is 0 Å². The maximum atomic E-state index is 12.2. The molecule has 1 aromatic rings. The van der Waals surface area contributed by atoms with Crippen molar-refractivity contribution in [2.24, 2.45) is 0 Å². The molecule has 0 aromatic heterocycles. The summed E-state index contributed by atoms with van der Waals surface area (Å²) in [6.07, 6.45) is 4.81. The number of benzene rings is 1. The minimum Gasteiger partial charge on any atom is -0.465 e. The highest BCUT2D eigenvalue weighted by molar-refractivity contribution is 5.77. The molecule has 3 nitrogen and oxygen atoms in total. The highest BCUT2D eigenvalue weighted by Gasteiger charge is 2.26. The maximum absolute atomic E-state index is 12.2.